The first-order valence-electron chi connectivity index (χ1n) is 6.58. The number of carbonyl (C=O) groups is 1. The fourth-order valence-electron chi connectivity index (χ4n) is 2.27. The predicted octanol–water partition coefficient (Wildman–Crippen LogP) is 5.58. The first kappa shape index (κ1) is 15.5. The van der Waals surface area contributed by atoms with Gasteiger partial charge in [-0.2, -0.15) is 0 Å². The standard InChI is InChI=1S/C16H12BrClN2OS/c1-8-5-9(2)14-13(6-8)19-16(22-14)20-15(21)11-7-10(17)3-4-12(11)18/h3-7H,1-2H3,(H,19,20,21). The molecular formula is C16H12BrClN2OS. The van der Waals surface area contributed by atoms with Crippen molar-refractivity contribution in [2.75, 3.05) is 5.32 Å². The van der Waals surface area contributed by atoms with Crippen LogP contribution in [0.25, 0.3) is 10.2 Å². The summed E-state index contributed by atoms with van der Waals surface area (Å²) in [5, 5.41) is 3.81. The molecule has 0 radical (unpaired) electrons. The molecule has 3 aromatic rings. The first-order chi connectivity index (χ1) is 10.4. The van der Waals surface area contributed by atoms with E-state index in [4.69, 9.17) is 11.6 Å². The van der Waals surface area contributed by atoms with Crippen molar-refractivity contribution in [1.29, 1.82) is 0 Å². The van der Waals surface area contributed by atoms with E-state index in [2.05, 4.69) is 32.3 Å². The number of aryl methyl sites for hydroxylation is 2. The number of benzene rings is 2. The molecule has 0 atom stereocenters. The van der Waals surface area contributed by atoms with Crippen LogP contribution in [-0.2, 0) is 0 Å². The van der Waals surface area contributed by atoms with Gasteiger partial charge in [-0.25, -0.2) is 4.98 Å². The molecule has 0 bridgehead atoms. The Kier molecular flexibility index (Phi) is 4.21. The number of amides is 1. The summed E-state index contributed by atoms with van der Waals surface area (Å²) in [6, 6.07) is 9.30. The summed E-state index contributed by atoms with van der Waals surface area (Å²) >= 11 is 10.9. The molecule has 112 valence electrons. The number of aromatic nitrogens is 1. The Hall–Kier alpha value is -1.43. The van der Waals surface area contributed by atoms with Crippen LogP contribution in [0.3, 0.4) is 0 Å². The third-order valence-corrected chi connectivity index (χ3v) is 5.16. The highest BCUT2D eigenvalue weighted by atomic mass is 79.9. The lowest BCUT2D eigenvalue weighted by Gasteiger charge is -2.04. The predicted molar refractivity (Wildman–Crippen MR) is 96.2 cm³/mol. The van der Waals surface area contributed by atoms with Gasteiger partial charge in [0.2, 0.25) is 0 Å². The van der Waals surface area contributed by atoms with E-state index in [0.29, 0.717) is 15.7 Å². The minimum Gasteiger partial charge on any atom is -0.298 e. The molecule has 0 saturated heterocycles. The van der Waals surface area contributed by atoms with Crippen molar-refractivity contribution >= 4 is 60.1 Å². The monoisotopic (exact) mass is 394 g/mol. The average Bonchev–Trinajstić information content (AvgIpc) is 2.84. The molecule has 0 spiro atoms. The molecular weight excluding hydrogens is 384 g/mol. The van der Waals surface area contributed by atoms with E-state index in [1.54, 1.807) is 18.2 Å². The Balaban J connectivity index is 1.94. The molecule has 3 nitrogen and oxygen atoms in total. The van der Waals surface area contributed by atoms with Crippen molar-refractivity contribution in [3.8, 4) is 0 Å². The molecule has 0 saturated carbocycles. The van der Waals surface area contributed by atoms with Gasteiger partial charge in [0.15, 0.2) is 5.13 Å². The minimum atomic E-state index is -0.264. The number of rotatable bonds is 2. The second-order valence-electron chi connectivity index (χ2n) is 5.03. The molecule has 1 heterocycles. The molecule has 0 aliphatic heterocycles. The molecule has 2 aromatic carbocycles. The van der Waals surface area contributed by atoms with Crippen LogP contribution in [0.1, 0.15) is 21.5 Å². The average molecular weight is 396 g/mol. The lowest BCUT2D eigenvalue weighted by Crippen LogP contribution is -2.12. The van der Waals surface area contributed by atoms with E-state index in [9.17, 15) is 4.79 Å². The highest BCUT2D eigenvalue weighted by molar-refractivity contribution is 9.10. The van der Waals surface area contributed by atoms with Crippen molar-refractivity contribution in [2.45, 2.75) is 13.8 Å². The van der Waals surface area contributed by atoms with Crippen LogP contribution in [0.5, 0.6) is 0 Å². The Morgan fingerprint density at radius 1 is 1.27 bits per heavy atom. The highest BCUT2D eigenvalue weighted by Gasteiger charge is 2.14. The maximum atomic E-state index is 12.4. The SMILES string of the molecule is Cc1cc(C)c2sc(NC(=O)c3cc(Br)ccc3Cl)nc2c1. The van der Waals surface area contributed by atoms with E-state index >= 15 is 0 Å². The summed E-state index contributed by atoms with van der Waals surface area (Å²) < 4.78 is 1.89. The summed E-state index contributed by atoms with van der Waals surface area (Å²) in [7, 11) is 0. The zero-order chi connectivity index (χ0) is 15.9. The Bertz CT molecular complexity index is 891. The van der Waals surface area contributed by atoms with Crippen LogP contribution < -0.4 is 5.32 Å². The zero-order valence-corrected chi connectivity index (χ0v) is 15.1. The molecule has 0 unspecified atom stereocenters. The Morgan fingerprint density at radius 3 is 2.82 bits per heavy atom. The van der Waals surface area contributed by atoms with Gasteiger partial charge < -0.3 is 0 Å². The number of halogens is 2. The summed E-state index contributed by atoms with van der Waals surface area (Å²) in [4.78, 5) is 16.8. The van der Waals surface area contributed by atoms with Crippen LogP contribution in [0.15, 0.2) is 34.8 Å². The van der Waals surface area contributed by atoms with Crippen LogP contribution in [0.2, 0.25) is 5.02 Å². The zero-order valence-electron chi connectivity index (χ0n) is 11.9. The van der Waals surface area contributed by atoms with Gasteiger partial charge in [0.25, 0.3) is 5.91 Å². The normalized spacial score (nSPS) is 10.9. The topological polar surface area (TPSA) is 42.0 Å². The third kappa shape index (κ3) is 3.02. The summed E-state index contributed by atoms with van der Waals surface area (Å²) in [5.74, 6) is -0.264. The minimum absolute atomic E-state index is 0.264. The van der Waals surface area contributed by atoms with Gasteiger partial charge in [0, 0.05) is 4.47 Å². The molecule has 1 aromatic heterocycles. The second-order valence-corrected chi connectivity index (χ2v) is 7.35. The quantitative estimate of drug-likeness (QED) is 0.615. The van der Waals surface area contributed by atoms with Crippen LogP contribution >= 0.6 is 38.9 Å². The van der Waals surface area contributed by atoms with Crippen molar-refractivity contribution < 1.29 is 4.79 Å². The largest absolute Gasteiger partial charge is 0.298 e. The van der Waals surface area contributed by atoms with Gasteiger partial charge in [0.05, 0.1) is 20.8 Å². The van der Waals surface area contributed by atoms with Crippen molar-refractivity contribution in [3.63, 3.8) is 0 Å². The van der Waals surface area contributed by atoms with Gasteiger partial charge in [-0.05, 0) is 49.2 Å². The molecule has 0 aliphatic rings. The maximum absolute atomic E-state index is 12.4. The van der Waals surface area contributed by atoms with Crippen molar-refractivity contribution in [2.24, 2.45) is 0 Å². The van der Waals surface area contributed by atoms with Gasteiger partial charge in [-0.1, -0.05) is 44.9 Å². The van der Waals surface area contributed by atoms with E-state index in [1.165, 1.54) is 11.3 Å². The molecule has 6 heteroatoms. The van der Waals surface area contributed by atoms with Crippen LogP contribution in [0, 0.1) is 13.8 Å². The van der Waals surface area contributed by atoms with Gasteiger partial charge in [-0.3, -0.25) is 10.1 Å². The number of hydrogen-bond acceptors (Lipinski definition) is 3. The summed E-state index contributed by atoms with van der Waals surface area (Å²) in [5.41, 5.74) is 3.64. The number of carbonyl (C=O) groups excluding carboxylic acids is 1. The smallest absolute Gasteiger partial charge is 0.258 e. The van der Waals surface area contributed by atoms with E-state index in [1.807, 2.05) is 19.9 Å². The first-order valence-corrected chi connectivity index (χ1v) is 8.57. The highest BCUT2D eigenvalue weighted by Crippen LogP contribution is 2.30. The van der Waals surface area contributed by atoms with Gasteiger partial charge >= 0.3 is 0 Å². The number of fused-ring (bicyclic) bond motifs is 1. The molecule has 0 fully saturated rings. The Morgan fingerprint density at radius 2 is 2.05 bits per heavy atom. The van der Waals surface area contributed by atoms with Crippen LogP contribution in [-0.4, -0.2) is 10.9 Å². The fourth-order valence-corrected chi connectivity index (χ4v) is 3.74. The lowest BCUT2D eigenvalue weighted by atomic mass is 10.1. The van der Waals surface area contributed by atoms with Gasteiger partial charge in [0.1, 0.15) is 0 Å². The summed E-state index contributed by atoms with van der Waals surface area (Å²) in [6.07, 6.45) is 0. The second kappa shape index (κ2) is 5.99. The molecule has 1 N–H and O–H groups in total. The number of thiazole rings is 1. The van der Waals surface area contributed by atoms with E-state index in [0.717, 1.165) is 25.8 Å². The Labute approximate surface area is 145 Å². The van der Waals surface area contributed by atoms with E-state index in [-0.39, 0.29) is 5.91 Å². The number of hydrogen-bond donors (Lipinski definition) is 1. The molecule has 22 heavy (non-hydrogen) atoms. The summed E-state index contributed by atoms with van der Waals surface area (Å²) in [6.45, 7) is 4.08. The lowest BCUT2D eigenvalue weighted by molar-refractivity contribution is 0.102. The van der Waals surface area contributed by atoms with Gasteiger partial charge in [-0.15, -0.1) is 0 Å². The fraction of sp³-hybridized carbons (Fsp3) is 0.125. The number of nitrogens with one attached hydrogen (secondary N) is 1. The van der Waals surface area contributed by atoms with Crippen molar-refractivity contribution in [1.82, 2.24) is 4.98 Å². The van der Waals surface area contributed by atoms with Crippen molar-refractivity contribution in [3.05, 3.63) is 56.5 Å². The van der Waals surface area contributed by atoms with Crippen LogP contribution in [0.4, 0.5) is 5.13 Å². The van der Waals surface area contributed by atoms with E-state index < -0.39 is 0 Å². The third-order valence-electron chi connectivity index (χ3n) is 3.21. The molecule has 1 amide bonds. The maximum Gasteiger partial charge on any atom is 0.258 e. The number of anilines is 1. The molecule has 3 rings (SSSR count). The molecule has 0 aliphatic carbocycles. The number of nitrogens with zero attached hydrogens (tertiary/aromatic N) is 1.